The van der Waals surface area contributed by atoms with Gasteiger partial charge < -0.3 is 19.9 Å². The third-order valence-electron chi connectivity index (χ3n) is 11.2. The van der Waals surface area contributed by atoms with Crippen LogP contribution in [-0.2, 0) is 9.59 Å². The fourth-order valence-electron chi connectivity index (χ4n) is 8.44. The van der Waals surface area contributed by atoms with Gasteiger partial charge in [-0.25, -0.2) is 9.97 Å². The van der Waals surface area contributed by atoms with Crippen molar-refractivity contribution in [1.82, 2.24) is 30.0 Å². The van der Waals surface area contributed by atoms with Crippen molar-refractivity contribution in [2.75, 3.05) is 49.5 Å². The number of aromatic nitrogens is 2. The van der Waals surface area contributed by atoms with Crippen LogP contribution < -0.4 is 20.3 Å². The molecule has 0 spiro atoms. The van der Waals surface area contributed by atoms with E-state index in [4.69, 9.17) is 21.6 Å². The Morgan fingerprint density at radius 3 is 2.36 bits per heavy atom. The second kappa shape index (κ2) is 15.3. The molecule has 4 fully saturated rings. The van der Waals surface area contributed by atoms with Crippen LogP contribution in [0, 0.1) is 11.3 Å². The highest BCUT2D eigenvalue weighted by Crippen LogP contribution is 2.39. The quantitative estimate of drug-likeness (QED) is 0.228. The minimum absolute atomic E-state index is 0.0366. The van der Waals surface area contributed by atoms with Crippen LogP contribution in [0.1, 0.15) is 81.6 Å². The van der Waals surface area contributed by atoms with E-state index in [0.717, 1.165) is 69.7 Å². The van der Waals surface area contributed by atoms with E-state index in [9.17, 15) is 24.0 Å². The summed E-state index contributed by atoms with van der Waals surface area (Å²) in [6.45, 7) is 4.72. The van der Waals surface area contributed by atoms with E-state index in [1.54, 1.807) is 48.8 Å². The molecule has 2 N–H and O–H groups in total. The third-order valence-corrected chi connectivity index (χ3v) is 11.6. The number of nitriles is 1. The standard InChI is InChI=1S/C39H40ClN9O6/c40-32-19-28(6-2-23(32)20-41)55-29-17-26-4-5-27(18-29)48(26)36(52)24-21-43-39(44-22-24)47-14-12-46(13-15-47)11-1-10-42-25-3-7-30-31(16-25)38(54)49(37(30)53)33-8-9-34(50)45-35(33)51/h2-3,6-7,16,19,21-22,26-27,29,33,42H,1,4-5,8-15,17-18H2,(H,45,50,51). The maximum atomic E-state index is 13.6. The molecule has 284 valence electrons. The number of fused-ring (bicyclic) bond motifs is 3. The number of nitrogens with one attached hydrogen (secondary N) is 2. The van der Waals surface area contributed by atoms with Crippen LogP contribution in [0.3, 0.4) is 0 Å². The topological polar surface area (TPSA) is 181 Å². The Kier molecular flexibility index (Phi) is 10.1. The van der Waals surface area contributed by atoms with Crippen molar-refractivity contribution in [3.8, 4) is 11.8 Å². The van der Waals surface area contributed by atoms with Gasteiger partial charge in [-0.2, -0.15) is 5.26 Å². The number of benzene rings is 2. The Morgan fingerprint density at radius 2 is 1.67 bits per heavy atom. The van der Waals surface area contributed by atoms with Gasteiger partial charge in [-0.1, -0.05) is 11.6 Å². The number of piperidine rings is 2. The number of amides is 5. The Morgan fingerprint density at radius 1 is 0.945 bits per heavy atom. The minimum Gasteiger partial charge on any atom is -0.490 e. The molecule has 0 radical (unpaired) electrons. The molecule has 3 aromatic rings. The zero-order valence-corrected chi connectivity index (χ0v) is 30.8. The smallest absolute Gasteiger partial charge is 0.262 e. The Balaban J connectivity index is 0.773. The van der Waals surface area contributed by atoms with Gasteiger partial charge in [-0.15, -0.1) is 0 Å². The number of rotatable bonds is 10. The van der Waals surface area contributed by atoms with Crippen molar-refractivity contribution in [2.45, 2.75) is 69.2 Å². The van der Waals surface area contributed by atoms with Crippen molar-refractivity contribution in [2.24, 2.45) is 0 Å². The first kappa shape index (κ1) is 36.4. The highest BCUT2D eigenvalue weighted by Gasteiger charge is 2.46. The molecule has 6 heterocycles. The SMILES string of the molecule is N#Cc1ccc(OC2CC3CCC(C2)N3C(=O)c2cnc(N3CCN(CCCNc4ccc5c(c4)C(=O)N(C4CCC(=O)NC4=O)C5=O)CC3)nc2)cc1Cl. The molecule has 4 saturated heterocycles. The summed E-state index contributed by atoms with van der Waals surface area (Å²) in [7, 11) is 0. The van der Waals surface area contributed by atoms with E-state index in [1.807, 2.05) is 4.90 Å². The summed E-state index contributed by atoms with van der Waals surface area (Å²) in [5.41, 5.74) is 2.11. The van der Waals surface area contributed by atoms with E-state index >= 15 is 0 Å². The van der Waals surface area contributed by atoms with Crippen LogP contribution in [0.4, 0.5) is 11.6 Å². The molecule has 15 nitrogen and oxygen atoms in total. The minimum atomic E-state index is -0.989. The zero-order valence-electron chi connectivity index (χ0n) is 30.1. The molecule has 2 aromatic carbocycles. The second-order valence-electron chi connectivity index (χ2n) is 14.7. The number of anilines is 2. The number of carbonyl (C=O) groups is 5. The molecule has 8 rings (SSSR count). The zero-order chi connectivity index (χ0) is 38.2. The lowest BCUT2D eigenvalue weighted by atomic mass is 9.98. The summed E-state index contributed by atoms with van der Waals surface area (Å²) in [4.78, 5) is 80.2. The van der Waals surface area contributed by atoms with Gasteiger partial charge in [0.05, 0.1) is 27.3 Å². The van der Waals surface area contributed by atoms with Gasteiger partial charge in [0.15, 0.2) is 0 Å². The van der Waals surface area contributed by atoms with Crippen LogP contribution in [0.2, 0.25) is 5.02 Å². The number of halogens is 1. The first-order chi connectivity index (χ1) is 26.7. The van der Waals surface area contributed by atoms with Gasteiger partial charge in [0, 0.05) is 88.2 Å². The number of imide groups is 2. The summed E-state index contributed by atoms with van der Waals surface area (Å²) in [6.07, 6.45) is 7.59. The fourth-order valence-corrected chi connectivity index (χ4v) is 8.65. The van der Waals surface area contributed by atoms with Crippen LogP contribution >= 0.6 is 11.6 Å². The largest absolute Gasteiger partial charge is 0.490 e. The number of nitrogens with zero attached hydrogens (tertiary/aromatic N) is 7. The number of ether oxygens (including phenoxy) is 1. The monoisotopic (exact) mass is 765 g/mol. The number of hydrogen-bond donors (Lipinski definition) is 2. The molecule has 0 aliphatic carbocycles. The summed E-state index contributed by atoms with van der Waals surface area (Å²) in [5, 5.41) is 15.1. The summed E-state index contributed by atoms with van der Waals surface area (Å²) >= 11 is 6.20. The third kappa shape index (κ3) is 7.31. The molecule has 5 amide bonds. The van der Waals surface area contributed by atoms with E-state index in [0.29, 0.717) is 40.1 Å². The average molecular weight is 766 g/mol. The summed E-state index contributed by atoms with van der Waals surface area (Å²) in [5.74, 6) is -0.890. The average Bonchev–Trinajstić information content (AvgIpc) is 3.60. The molecule has 2 bridgehead atoms. The molecule has 1 aromatic heterocycles. The number of carbonyl (C=O) groups excluding carboxylic acids is 5. The first-order valence-electron chi connectivity index (χ1n) is 18.7. The predicted molar refractivity (Wildman–Crippen MR) is 200 cm³/mol. The highest BCUT2D eigenvalue weighted by molar-refractivity contribution is 6.31. The van der Waals surface area contributed by atoms with Crippen LogP contribution in [0.25, 0.3) is 0 Å². The van der Waals surface area contributed by atoms with Gasteiger partial charge in [0.1, 0.15) is 24.0 Å². The normalized spacial score (nSPS) is 23.7. The lowest BCUT2D eigenvalue weighted by Gasteiger charge is -2.39. The van der Waals surface area contributed by atoms with Gasteiger partial charge in [-0.3, -0.25) is 39.1 Å². The molecular formula is C39H40ClN9O6. The van der Waals surface area contributed by atoms with E-state index < -0.39 is 29.7 Å². The first-order valence-corrected chi connectivity index (χ1v) is 19.1. The lowest BCUT2D eigenvalue weighted by Crippen LogP contribution is -2.54. The van der Waals surface area contributed by atoms with Crippen LogP contribution in [0.15, 0.2) is 48.8 Å². The molecule has 16 heteroatoms. The molecule has 0 saturated carbocycles. The summed E-state index contributed by atoms with van der Waals surface area (Å²) < 4.78 is 6.22. The van der Waals surface area contributed by atoms with E-state index in [-0.39, 0.29) is 48.1 Å². The predicted octanol–water partition coefficient (Wildman–Crippen LogP) is 3.24. The van der Waals surface area contributed by atoms with Crippen LogP contribution in [-0.4, -0.2) is 118 Å². The van der Waals surface area contributed by atoms with Crippen LogP contribution in [0.5, 0.6) is 5.75 Å². The molecule has 3 atom stereocenters. The molecule has 5 aliphatic heterocycles. The van der Waals surface area contributed by atoms with Gasteiger partial charge in [-0.05, 0) is 62.6 Å². The van der Waals surface area contributed by atoms with E-state index in [1.165, 1.54) is 0 Å². The lowest BCUT2D eigenvalue weighted by molar-refractivity contribution is -0.136. The van der Waals surface area contributed by atoms with Gasteiger partial charge >= 0.3 is 0 Å². The number of hydrogen-bond acceptors (Lipinski definition) is 12. The fraction of sp³-hybridized carbons (Fsp3) is 0.436. The molecule has 3 unspecified atom stereocenters. The maximum absolute atomic E-state index is 13.6. The second-order valence-corrected chi connectivity index (χ2v) is 15.1. The molecule has 55 heavy (non-hydrogen) atoms. The Hall–Kier alpha value is -5.59. The van der Waals surface area contributed by atoms with Crippen molar-refractivity contribution >= 4 is 52.8 Å². The van der Waals surface area contributed by atoms with Crippen molar-refractivity contribution in [3.63, 3.8) is 0 Å². The number of piperazine rings is 1. The van der Waals surface area contributed by atoms with Gasteiger partial charge in [0.2, 0.25) is 17.8 Å². The van der Waals surface area contributed by atoms with Crippen molar-refractivity contribution < 1.29 is 28.7 Å². The molecule has 5 aliphatic rings. The Bertz CT molecular complexity index is 2070. The summed E-state index contributed by atoms with van der Waals surface area (Å²) in [6, 6.07) is 11.3. The van der Waals surface area contributed by atoms with Crippen molar-refractivity contribution in [3.05, 3.63) is 76.1 Å². The maximum Gasteiger partial charge on any atom is 0.262 e. The van der Waals surface area contributed by atoms with E-state index in [2.05, 4.69) is 36.5 Å². The van der Waals surface area contributed by atoms with Crippen molar-refractivity contribution in [1.29, 1.82) is 5.26 Å². The molecular weight excluding hydrogens is 726 g/mol. The highest BCUT2D eigenvalue weighted by atomic mass is 35.5. The van der Waals surface area contributed by atoms with Gasteiger partial charge in [0.25, 0.3) is 17.7 Å². The Labute approximate surface area is 322 Å².